The summed E-state index contributed by atoms with van der Waals surface area (Å²) in [6, 6.07) is 7.20. The third kappa shape index (κ3) is 4.22. The molecule has 0 spiro atoms. The first-order valence-corrected chi connectivity index (χ1v) is 10.4. The molecule has 1 unspecified atom stereocenters. The van der Waals surface area contributed by atoms with Crippen LogP contribution in [0, 0.1) is 11.7 Å². The van der Waals surface area contributed by atoms with Crippen LogP contribution in [0.2, 0.25) is 10.0 Å². The number of anilines is 1. The molecule has 1 aromatic heterocycles. The monoisotopic (exact) mass is 464 g/mol. The van der Waals surface area contributed by atoms with Gasteiger partial charge in [-0.05, 0) is 23.8 Å². The minimum Gasteiger partial charge on any atom is -0.342 e. The van der Waals surface area contributed by atoms with Crippen LogP contribution in [0.3, 0.4) is 0 Å². The summed E-state index contributed by atoms with van der Waals surface area (Å²) < 4.78 is 14.5. The van der Waals surface area contributed by atoms with Crippen molar-refractivity contribution in [1.29, 1.82) is 0 Å². The van der Waals surface area contributed by atoms with E-state index in [9.17, 15) is 18.8 Å². The lowest BCUT2D eigenvalue weighted by atomic mass is 9.87. The van der Waals surface area contributed by atoms with Crippen LogP contribution in [0.1, 0.15) is 12.5 Å². The maximum atomic E-state index is 14.5. The zero-order valence-electron chi connectivity index (χ0n) is 16.6. The average Bonchev–Trinajstić information content (AvgIpc) is 2.67. The van der Waals surface area contributed by atoms with Crippen molar-refractivity contribution < 1.29 is 18.8 Å². The van der Waals surface area contributed by atoms with E-state index in [4.69, 9.17) is 23.2 Å². The van der Waals surface area contributed by atoms with Gasteiger partial charge in [0.2, 0.25) is 11.8 Å². The van der Waals surface area contributed by atoms with Crippen molar-refractivity contribution in [3.63, 3.8) is 0 Å². The second-order valence-corrected chi connectivity index (χ2v) is 8.53. The molecule has 0 bridgehead atoms. The molecule has 2 saturated heterocycles. The highest BCUT2D eigenvalue weighted by atomic mass is 35.5. The minimum absolute atomic E-state index is 0.0917. The molecular formula is C21H19Cl2FN4O3. The van der Waals surface area contributed by atoms with Crippen molar-refractivity contribution in [3.05, 3.63) is 58.0 Å². The first-order valence-electron chi connectivity index (χ1n) is 9.66. The van der Waals surface area contributed by atoms with Crippen LogP contribution >= 0.6 is 23.2 Å². The fourth-order valence-corrected chi connectivity index (χ4v) is 4.21. The molecular weight excluding hydrogens is 446 g/mol. The van der Waals surface area contributed by atoms with Gasteiger partial charge >= 0.3 is 0 Å². The fourth-order valence-electron chi connectivity index (χ4n) is 3.94. The van der Waals surface area contributed by atoms with Gasteiger partial charge in [0.25, 0.3) is 5.91 Å². The lowest BCUT2D eigenvalue weighted by Crippen LogP contribution is -2.68. The van der Waals surface area contributed by atoms with Gasteiger partial charge in [0.1, 0.15) is 12.6 Å². The van der Waals surface area contributed by atoms with Crippen molar-refractivity contribution in [3.8, 4) is 0 Å². The number of aromatic nitrogens is 1. The van der Waals surface area contributed by atoms with Gasteiger partial charge < -0.3 is 9.80 Å². The largest absolute Gasteiger partial charge is 0.342 e. The Labute approximate surface area is 188 Å². The number of benzene rings is 1. The molecule has 162 valence electrons. The van der Waals surface area contributed by atoms with Gasteiger partial charge in [-0.15, -0.1) is 0 Å². The molecule has 2 aliphatic rings. The van der Waals surface area contributed by atoms with Crippen molar-refractivity contribution in [1.82, 2.24) is 14.8 Å². The van der Waals surface area contributed by atoms with Gasteiger partial charge in [-0.1, -0.05) is 35.3 Å². The van der Waals surface area contributed by atoms with Gasteiger partial charge in [-0.2, -0.15) is 0 Å². The standard InChI is InChI=1S/C21H19Cl2FN4O3/c1-12(29)26-9-14(10-26)19-21(31)28(20-17(24)6-16(23)7-25-20)11-18(30)27(19)8-13-2-4-15(22)5-3-13/h2-7,14,19H,8-11H2,1H3. The highest BCUT2D eigenvalue weighted by Crippen LogP contribution is 2.31. The first kappa shape index (κ1) is 21.5. The topological polar surface area (TPSA) is 73.8 Å². The Bertz CT molecular complexity index is 1040. The Balaban J connectivity index is 1.65. The second-order valence-electron chi connectivity index (χ2n) is 7.66. The van der Waals surface area contributed by atoms with Crippen LogP contribution in [0.25, 0.3) is 0 Å². The molecule has 1 aromatic carbocycles. The van der Waals surface area contributed by atoms with Crippen LogP contribution in [0.4, 0.5) is 10.2 Å². The maximum Gasteiger partial charge on any atom is 0.251 e. The molecule has 31 heavy (non-hydrogen) atoms. The summed E-state index contributed by atoms with van der Waals surface area (Å²) in [5.74, 6) is -2.14. The molecule has 0 N–H and O–H groups in total. The van der Waals surface area contributed by atoms with Gasteiger partial charge in [-0.25, -0.2) is 9.37 Å². The van der Waals surface area contributed by atoms with Crippen molar-refractivity contribution in [2.24, 2.45) is 5.92 Å². The molecule has 3 amide bonds. The SMILES string of the molecule is CC(=O)N1CC(C2C(=O)N(c3ncc(Cl)cc3F)CC(=O)N2Cc2ccc(Cl)cc2)C1. The number of piperazine rings is 1. The van der Waals surface area contributed by atoms with E-state index in [0.29, 0.717) is 18.1 Å². The smallest absolute Gasteiger partial charge is 0.251 e. The number of pyridine rings is 1. The van der Waals surface area contributed by atoms with E-state index in [2.05, 4.69) is 4.98 Å². The number of hydrogen-bond donors (Lipinski definition) is 0. The number of hydrogen-bond acceptors (Lipinski definition) is 4. The Kier molecular flexibility index (Phi) is 5.85. The van der Waals surface area contributed by atoms with E-state index in [1.807, 2.05) is 0 Å². The summed E-state index contributed by atoms with van der Waals surface area (Å²) in [7, 11) is 0. The predicted octanol–water partition coefficient (Wildman–Crippen LogP) is 2.75. The van der Waals surface area contributed by atoms with Gasteiger partial charge in [0, 0.05) is 43.7 Å². The lowest BCUT2D eigenvalue weighted by molar-refractivity contribution is -0.152. The van der Waals surface area contributed by atoms with Crippen LogP contribution in [0.15, 0.2) is 36.5 Å². The van der Waals surface area contributed by atoms with Crippen LogP contribution in [-0.4, -0.2) is 58.2 Å². The summed E-state index contributed by atoms with van der Waals surface area (Å²) >= 11 is 11.7. The molecule has 2 aliphatic heterocycles. The lowest BCUT2D eigenvalue weighted by Gasteiger charge is -2.49. The number of likely N-dealkylation sites (tertiary alicyclic amines) is 1. The van der Waals surface area contributed by atoms with E-state index in [-0.39, 0.29) is 41.7 Å². The third-order valence-corrected chi connectivity index (χ3v) is 6.04. The maximum absolute atomic E-state index is 14.5. The molecule has 0 radical (unpaired) electrons. The first-order chi connectivity index (χ1) is 14.7. The molecule has 0 saturated carbocycles. The Hall–Kier alpha value is -2.71. The van der Waals surface area contributed by atoms with Gasteiger partial charge in [0.15, 0.2) is 11.6 Å². The summed E-state index contributed by atoms with van der Waals surface area (Å²) in [5.41, 5.74) is 0.808. The molecule has 7 nitrogen and oxygen atoms in total. The summed E-state index contributed by atoms with van der Waals surface area (Å²) in [6.45, 7) is 2.01. The zero-order valence-corrected chi connectivity index (χ0v) is 18.1. The number of carbonyl (C=O) groups excluding carboxylic acids is 3. The number of carbonyl (C=O) groups is 3. The minimum atomic E-state index is -0.843. The second kappa shape index (κ2) is 8.43. The van der Waals surface area contributed by atoms with E-state index in [1.54, 1.807) is 29.2 Å². The summed E-state index contributed by atoms with van der Waals surface area (Å²) in [6.07, 6.45) is 1.23. The van der Waals surface area contributed by atoms with Gasteiger partial charge in [-0.3, -0.25) is 19.3 Å². The average molecular weight is 465 g/mol. The van der Waals surface area contributed by atoms with E-state index < -0.39 is 17.8 Å². The van der Waals surface area contributed by atoms with Crippen molar-refractivity contribution in [2.45, 2.75) is 19.5 Å². The van der Waals surface area contributed by atoms with E-state index >= 15 is 0 Å². The molecule has 2 aromatic rings. The van der Waals surface area contributed by atoms with Crippen molar-refractivity contribution in [2.75, 3.05) is 24.5 Å². The zero-order chi connectivity index (χ0) is 22.3. The van der Waals surface area contributed by atoms with Crippen LogP contribution < -0.4 is 4.90 Å². The highest BCUT2D eigenvalue weighted by Gasteiger charge is 2.49. The number of amides is 3. The van der Waals surface area contributed by atoms with E-state index in [0.717, 1.165) is 16.5 Å². The summed E-state index contributed by atoms with van der Waals surface area (Å²) in [4.78, 5) is 46.3. The molecule has 4 rings (SSSR count). The van der Waals surface area contributed by atoms with Crippen LogP contribution in [-0.2, 0) is 20.9 Å². The fraction of sp³-hybridized carbons (Fsp3) is 0.333. The molecule has 3 heterocycles. The quantitative estimate of drug-likeness (QED) is 0.696. The normalized spacial score (nSPS) is 19.6. The van der Waals surface area contributed by atoms with Gasteiger partial charge in [0.05, 0.1) is 5.02 Å². The Morgan fingerprint density at radius 2 is 1.84 bits per heavy atom. The van der Waals surface area contributed by atoms with Crippen LogP contribution in [0.5, 0.6) is 0 Å². The Morgan fingerprint density at radius 3 is 2.45 bits per heavy atom. The third-order valence-electron chi connectivity index (χ3n) is 5.58. The van der Waals surface area contributed by atoms with Crippen molar-refractivity contribution >= 4 is 46.7 Å². The van der Waals surface area contributed by atoms with E-state index in [1.165, 1.54) is 18.0 Å². The number of halogens is 3. The summed E-state index contributed by atoms with van der Waals surface area (Å²) in [5, 5.41) is 0.655. The molecule has 1 atom stereocenters. The number of rotatable bonds is 4. The highest BCUT2D eigenvalue weighted by molar-refractivity contribution is 6.30. The predicted molar refractivity (Wildman–Crippen MR) is 113 cm³/mol. The number of nitrogens with zero attached hydrogens (tertiary/aromatic N) is 4. The molecule has 10 heteroatoms. The molecule has 2 fully saturated rings. The Morgan fingerprint density at radius 1 is 1.16 bits per heavy atom. The molecule has 0 aliphatic carbocycles.